The number of nitrogens with zero attached hydrogens (tertiary/aromatic N) is 2. The number of anilines is 1. The Kier molecular flexibility index (Phi) is 5.74. The van der Waals surface area contributed by atoms with Gasteiger partial charge < -0.3 is 9.64 Å². The van der Waals surface area contributed by atoms with Crippen LogP contribution in [0.3, 0.4) is 0 Å². The summed E-state index contributed by atoms with van der Waals surface area (Å²) >= 11 is 5.31. The Morgan fingerprint density at radius 1 is 1.16 bits per heavy atom. The second-order valence-corrected chi connectivity index (χ2v) is 6.96. The Hall–Kier alpha value is -1.88. The predicted octanol–water partition coefficient (Wildman–Crippen LogP) is 4.35. The maximum Gasteiger partial charge on any atom is 0.297 e. The number of ether oxygens (including phenoxy) is 1. The maximum atomic E-state index is 12.7. The smallest absolute Gasteiger partial charge is 0.297 e. The molecule has 0 unspecified atom stereocenters. The van der Waals surface area contributed by atoms with Crippen molar-refractivity contribution in [2.45, 2.75) is 52.0 Å². The van der Waals surface area contributed by atoms with Gasteiger partial charge in [0.25, 0.3) is 11.1 Å². The lowest BCUT2D eigenvalue weighted by atomic mass is 9.94. The molecule has 0 atom stereocenters. The standard InChI is InChI=1S/C20H26N2O2S/c1-3-21(4-2)16-12-10-15(11-13-16)14-18-19(23)22(20(25)24-18)17-8-6-5-7-9-17/h10-14,17H,3-9H2,1-2H3. The first kappa shape index (κ1) is 17.9. The molecule has 1 heterocycles. The molecule has 3 rings (SSSR count). The predicted molar refractivity (Wildman–Crippen MR) is 105 cm³/mol. The average molecular weight is 359 g/mol. The third-order valence-corrected chi connectivity index (χ3v) is 5.36. The summed E-state index contributed by atoms with van der Waals surface area (Å²) in [6, 6.07) is 8.39. The summed E-state index contributed by atoms with van der Waals surface area (Å²) in [4.78, 5) is 16.7. The fourth-order valence-electron chi connectivity index (χ4n) is 3.66. The quantitative estimate of drug-likeness (QED) is 0.579. The summed E-state index contributed by atoms with van der Waals surface area (Å²) in [5.41, 5.74) is 2.14. The lowest BCUT2D eigenvalue weighted by Gasteiger charge is -2.28. The molecule has 134 valence electrons. The Labute approximate surface area is 155 Å². The minimum atomic E-state index is -0.0929. The Morgan fingerprint density at radius 2 is 1.80 bits per heavy atom. The number of carbonyl (C=O) groups is 1. The third-order valence-electron chi connectivity index (χ3n) is 5.08. The fourth-order valence-corrected chi connectivity index (χ4v) is 3.98. The van der Waals surface area contributed by atoms with E-state index in [0.29, 0.717) is 10.9 Å². The summed E-state index contributed by atoms with van der Waals surface area (Å²) in [5, 5.41) is 0.308. The minimum absolute atomic E-state index is 0.0929. The number of carbonyl (C=O) groups excluding carboxylic acids is 1. The molecule has 0 aromatic heterocycles. The van der Waals surface area contributed by atoms with Crippen molar-refractivity contribution in [3.05, 3.63) is 35.6 Å². The van der Waals surface area contributed by atoms with E-state index in [1.807, 2.05) is 12.1 Å². The van der Waals surface area contributed by atoms with Gasteiger partial charge in [0, 0.05) is 24.8 Å². The largest absolute Gasteiger partial charge is 0.426 e. The first-order valence-electron chi connectivity index (χ1n) is 9.26. The Morgan fingerprint density at radius 3 is 2.40 bits per heavy atom. The molecule has 0 bridgehead atoms. The van der Waals surface area contributed by atoms with Gasteiger partial charge in [0.15, 0.2) is 5.76 Å². The minimum Gasteiger partial charge on any atom is -0.426 e. The van der Waals surface area contributed by atoms with Crippen molar-refractivity contribution >= 4 is 35.1 Å². The molecule has 0 spiro atoms. The van der Waals surface area contributed by atoms with Gasteiger partial charge in [0.2, 0.25) is 0 Å². The summed E-state index contributed by atoms with van der Waals surface area (Å²) in [5.74, 6) is 0.246. The topological polar surface area (TPSA) is 32.8 Å². The van der Waals surface area contributed by atoms with Crippen LogP contribution in [0, 0.1) is 0 Å². The number of hydrogen-bond donors (Lipinski definition) is 0. The summed E-state index contributed by atoms with van der Waals surface area (Å²) < 4.78 is 5.62. The molecule has 0 radical (unpaired) electrons. The number of thiocarbonyl (C=S) groups is 1. The first-order valence-corrected chi connectivity index (χ1v) is 9.67. The molecule has 1 saturated carbocycles. The van der Waals surface area contributed by atoms with Gasteiger partial charge in [0.1, 0.15) is 0 Å². The summed E-state index contributed by atoms with van der Waals surface area (Å²) in [6.45, 7) is 6.24. The molecule has 5 heteroatoms. The maximum absolute atomic E-state index is 12.7. The second kappa shape index (κ2) is 8.00. The van der Waals surface area contributed by atoms with Crippen LogP contribution in [-0.2, 0) is 9.53 Å². The van der Waals surface area contributed by atoms with Crippen LogP contribution in [0.4, 0.5) is 5.69 Å². The SMILES string of the molecule is CCN(CC)c1ccc(C=C2OC(=S)N(C3CCCCC3)C2=O)cc1. The van der Waals surface area contributed by atoms with Crippen LogP contribution in [0.25, 0.3) is 6.08 Å². The molecule has 1 aromatic carbocycles. The highest BCUT2D eigenvalue weighted by atomic mass is 32.1. The summed E-state index contributed by atoms with van der Waals surface area (Å²) in [6.07, 6.45) is 7.38. The molecule has 1 aliphatic carbocycles. The van der Waals surface area contributed by atoms with E-state index in [1.165, 1.54) is 12.1 Å². The van der Waals surface area contributed by atoms with Gasteiger partial charge in [-0.25, -0.2) is 0 Å². The first-order chi connectivity index (χ1) is 12.1. The van der Waals surface area contributed by atoms with E-state index in [2.05, 4.69) is 30.9 Å². The molecular weight excluding hydrogens is 332 g/mol. The van der Waals surface area contributed by atoms with E-state index in [4.69, 9.17) is 17.0 Å². The van der Waals surface area contributed by atoms with Crippen LogP contribution in [-0.4, -0.2) is 35.1 Å². The van der Waals surface area contributed by atoms with E-state index in [-0.39, 0.29) is 11.9 Å². The molecule has 2 aliphatic rings. The lowest BCUT2D eigenvalue weighted by Crippen LogP contribution is -2.40. The monoisotopic (exact) mass is 358 g/mol. The molecule has 1 aliphatic heterocycles. The number of hydrogen-bond acceptors (Lipinski definition) is 4. The van der Waals surface area contributed by atoms with Gasteiger partial charge in [0.05, 0.1) is 0 Å². The van der Waals surface area contributed by atoms with Crippen molar-refractivity contribution in [2.24, 2.45) is 0 Å². The van der Waals surface area contributed by atoms with Crippen molar-refractivity contribution < 1.29 is 9.53 Å². The van der Waals surface area contributed by atoms with E-state index >= 15 is 0 Å². The van der Waals surface area contributed by atoms with Gasteiger partial charge in [-0.1, -0.05) is 31.4 Å². The van der Waals surface area contributed by atoms with Crippen LogP contribution in [0.1, 0.15) is 51.5 Å². The molecule has 1 saturated heterocycles. The fraction of sp³-hybridized carbons (Fsp3) is 0.500. The van der Waals surface area contributed by atoms with Crippen LogP contribution in [0.15, 0.2) is 30.0 Å². The zero-order valence-corrected chi connectivity index (χ0v) is 15.8. The normalized spacial score (nSPS) is 20.2. The zero-order valence-electron chi connectivity index (χ0n) is 15.0. The van der Waals surface area contributed by atoms with Gasteiger partial charge in [-0.15, -0.1) is 0 Å². The van der Waals surface area contributed by atoms with Gasteiger partial charge in [-0.3, -0.25) is 9.69 Å². The van der Waals surface area contributed by atoms with Crippen molar-refractivity contribution in [1.82, 2.24) is 4.90 Å². The Balaban J connectivity index is 1.75. The van der Waals surface area contributed by atoms with E-state index < -0.39 is 0 Å². The second-order valence-electron chi connectivity index (χ2n) is 6.61. The van der Waals surface area contributed by atoms with Crippen molar-refractivity contribution in [1.29, 1.82) is 0 Å². The molecule has 1 amide bonds. The van der Waals surface area contributed by atoms with Gasteiger partial charge >= 0.3 is 0 Å². The number of rotatable bonds is 5. The molecule has 1 aromatic rings. The van der Waals surface area contributed by atoms with Crippen LogP contribution in [0.2, 0.25) is 0 Å². The third kappa shape index (κ3) is 3.87. The highest BCUT2D eigenvalue weighted by Crippen LogP contribution is 2.29. The van der Waals surface area contributed by atoms with E-state index in [9.17, 15) is 4.79 Å². The Bertz CT molecular complexity index is 659. The van der Waals surface area contributed by atoms with E-state index in [0.717, 1.165) is 44.3 Å². The zero-order chi connectivity index (χ0) is 17.8. The molecular formula is C20H26N2O2S. The van der Waals surface area contributed by atoms with E-state index in [1.54, 1.807) is 11.0 Å². The number of amides is 1. The van der Waals surface area contributed by atoms with Gasteiger partial charge in [-0.05, 0) is 62.7 Å². The highest BCUT2D eigenvalue weighted by Gasteiger charge is 2.38. The lowest BCUT2D eigenvalue weighted by molar-refractivity contribution is -0.124. The van der Waals surface area contributed by atoms with Crippen molar-refractivity contribution in [3.63, 3.8) is 0 Å². The average Bonchev–Trinajstić information content (AvgIpc) is 2.91. The van der Waals surface area contributed by atoms with Crippen molar-refractivity contribution in [3.8, 4) is 0 Å². The van der Waals surface area contributed by atoms with Crippen molar-refractivity contribution in [2.75, 3.05) is 18.0 Å². The molecule has 2 fully saturated rings. The van der Waals surface area contributed by atoms with Crippen LogP contribution < -0.4 is 4.90 Å². The highest BCUT2D eigenvalue weighted by molar-refractivity contribution is 7.80. The van der Waals surface area contributed by atoms with Crippen LogP contribution >= 0.6 is 12.2 Å². The van der Waals surface area contributed by atoms with Gasteiger partial charge in [-0.2, -0.15) is 0 Å². The molecule has 0 N–H and O–H groups in total. The van der Waals surface area contributed by atoms with Crippen LogP contribution in [0.5, 0.6) is 0 Å². The molecule has 25 heavy (non-hydrogen) atoms. The number of benzene rings is 1. The molecule has 4 nitrogen and oxygen atoms in total. The summed E-state index contributed by atoms with van der Waals surface area (Å²) in [7, 11) is 0.